The fourth-order valence-corrected chi connectivity index (χ4v) is 2.89. The van der Waals surface area contributed by atoms with E-state index in [9.17, 15) is 4.79 Å². The van der Waals surface area contributed by atoms with Gasteiger partial charge < -0.3 is 5.11 Å². The van der Waals surface area contributed by atoms with Crippen molar-refractivity contribution in [3.63, 3.8) is 0 Å². The van der Waals surface area contributed by atoms with Gasteiger partial charge in [-0.2, -0.15) is 5.10 Å². The molecule has 0 saturated carbocycles. The van der Waals surface area contributed by atoms with E-state index in [4.69, 9.17) is 16.7 Å². The molecule has 0 amide bonds. The minimum atomic E-state index is -0.975. The summed E-state index contributed by atoms with van der Waals surface area (Å²) in [6.07, 6.45) is 1.36. The molecule has 5 nitrogen and oxygen atoms in total. The highest BCUT2D eigenvalue weighted by Crippen LogP contribution is 2.27. The second-order valence-corrected chi connectivity index (χ2v) is 5.51. The van der Waals surface area contributed by atoms with Gasteiger partial charge in [-0.05, 0) is 26.0 Å². The number of carboxylic acids is 1. The molecule has 0 aliphatic rings. The summed E-state index contributed by atoms with van der Waals surface area (Å²) in [6.45, 7) is 4.65. The van der Waals surface area contributed by atoms with Crippen LogP contribution in [0.1, 0.15) is 28.7 Å². The van der Waals surface area contributed by atoms with Gasteiger partial charge in [0.15, 0.2) is 0 Å². The Bertz CT molecular complexity index is 625. The molecule has 7 heteroatoms. The first-order chi connectivity index (χ1) is 9.52. The second-order valence-electron chi connectivity index (χ2n) is 4.14. The molecule has 20 heavy (non-hydrogen) atoms. The van der Waals surface area contributed by atoms with Crippen molar-refractivity contribution in [1.82, 2.24) is 14.8 Å². The maximum atomic E-state index is 10.7. The number of aryl methyl sites for hydroxylation is 2. The SMILES string of the molecule is CCn1nc(C)c(Cl)c1CSc1ccc(C(=O)O)cn1. The van der Waals surface area contributed by atoms with Crippen LogP contribution in [-0.4, -0.2) is 25.8 Å². The van der Waals surface area contributed by atoms with Gasteiger partial charge in [0.25, 0.3) is 0 Å². The molecule has 1 N–H and O–H groups in total. The van der Waals surface area contributed by atoms with Crippen LogP contribution in [-0.2, 0) is 12.3 Å². The number of nitrogens with zero attached hydrogens (tertiary/aromatic N) is 3. The lowest BCUT2D eigenvalue weighted by molar-refractivity contribution is 0.0696. The number of pyridine rings is 1. The van der Waals surface area contributed by atoms with E-state index in [0.29, 0.717) is 10.8 Å². The number of carboxylic acid groups (broad SMARTS) is 1. The highest BCUT2D eigenvalue weighted by atomic mass is 35.5. The van der Waals surface area contributed by atoms with E-state index in [1.807, 2.05) is 18.5 Å². The summed E-state index contributed by atoms with van der Waals surface area (Å²) in [4.78, 5) is 14.9. The second kappa shape index (κ2) is 6.28. The quantitative estimate of drug-likeness (QED) is 0.858. The van der Waals surface area contributed by atoms with Gasteiger partial charge in [0, 0.05) is 18.5 Å². The van der Waals surface area contributed by atoms with Crippen LogP contribution in [0.25, 0.3) is 0 Å². The number of carbonyl (C=O) groups is 1. The Morgan fingerprint density at radius 1 is 1.50 bits per heavy atom. The Morgan fingerprint density at radius 2 is 2.25 bits per heavy atom. The minimum Gasteiger partial charge on any atom is -0.478 e. The standard InChI is InChI=1S/C13H14ClN3O2S/c1-3-17-10(12(14)8(2)16-17)7-20-11-5-4-9(6-15-11)13(18)19/h4-6H,3,7H2,1-2H3,(H,18,19). The van der Waals surface area contributed by atoms with Crippen LogP contribution in [0.15, 0.2) is 23.4 Å². The third-order valence-electron chi connectivity index (χ3n) is 2.79. The Hall–Kier alpha value is -1.53. The minimum absolute atomic E-state index is 0.182. The van der Waals surface area contributed by atoms with E-state index in [2.05, 4.69) is 10.1 Å². The summed E-state index contributed by atoms with van der Waals surface area (Å²) in [5.74, 6) is -0.329. The smallest absolute Gasteiger partial charge is 0.337 e. The largest absolute Gasteiger partial charge is 0.478 e. The van der Waals surface area contributed by atoms with Crippen molar-refractivity contribution < 1.29 is 9.90 Å². The molecule has 0 fully saturated rings. The number of hydrogen-bond donors (Lipinski definition) is 1. The predicted octanol–water partition coefficient (Wildman–Crippen LogP) is 3.25. The maximum Gasteiger partial charge on any atom is 0.337 e. The number of aromatic nitrogens is 3. The van der Waals surface area contributed by atoms with E-state index in [0.717, 1.165) is 23.0 Å². The van der Waals surface area contributed by atoms with Gasteiger partial charge >= 0.3 is 5.97 Å². The molecule has 0 spiro atoms. The maximum absolute atomic E-state index is 10.7. The zero-order valence-electron chi connectivity index (χ0n) is 11.1. The van der Waals surface area contributed by atoms with Gasteiger partial charge in [-0.25, -0.2) is 9.78 Å². The van der Waals surface area contributed by atoms with E-state index >= 15 is 0 Å². The molecule has 0 bridgehead atoms. The van der Waals surface area contributed by atoms with Crippen LogP contribution in [0.4, 0.5) is 0 Å². The Kier molecular flexibility index (Phi) is 4.67. The molecule has 106 valence electrons. The van der Waals surface area contributed by atoms with Crippen LogP contribution in [0, 0.1) is 6.92 Å². The Labute approximate surface area is 126 Å². The molecule has 0 atom stereocenters. The van der Waals surface area contributed by atoms with Crippen LogP contribution in [0.5, 0.6) is 0 Å². The van der Waals surface area contributed by atoms with Crippen molar-refractivity contribution in [3.8, 4) is 0 Å². The molecule has 0 aliphatic heterocycles. The molecular weight excluding hydrogens is 298 g/mol. The summed E-state index contributed by atoms with van der Waals surface area (Å²) in [5, 5.41) is 14.6. The molecular formula is C13H14ClN3O2S. The summed E-state index contributed by atoms with van der Waals surface area (Å²) in [7, 11) is 0. The third kappa shape index (κ3) is 3.13. The van der Waals surface area contributed by atoms with Gasteiger partial charge in [0.1, 0.15) is 0 Å². The molecule has 2 aromatic rings. The Morgan fingerprint density at radius 3 is 2.80 bits per heavy atom. The van der Waals surface area contributed by atoms with Crippen LogP contribution < -0.4 is 0 Å². The van der Waals surface area contributed by atoms with E-state index < -0.39 is 5.97 Å². The molecule has 2 rings (SSSR count). The van der Waals surface area contributed by atoms with Gasteiger partial charge in [-0.1, -0.05) is 23.4 Å². The van der Waals surface area contributed by atoms with Crippen molar-refractivity contribution in [2.45, 2.75) is 31.2 Å². The van der Waals surface area contributed by atoms with Crippen LogP contribution >= 0.6 is 23.4 Å². The summed E-state index contributed by atoms with van der Waals surface area (Å²) < 4.78 is 1.87. The number of aromatic carboxylic acids is 1. The van der Waals surface area contributed by atoms with Gasteiger partial charge in [-0.3, -0.25) is 4.68 Å². The molecule has 0 radical (unpaired) electrons. The van der Waals surface area contributed by atoms with Crippen molar-refractivity contribution >= 4 is 29.3 Å². The van der Waals surface area contributed by atoms with E-state index in [1.54, 1.807) is 12.1 Å². The fourth-order valence-electron chi connectivity index (χ4n) is 1.74. The normalized spacial score (nSPS) is 10.8. The number of rotatable bonds is 5. The van der Waals surface area contributed by atoms with Gasteiger partial charge in [0.2, 0.25) is 0 Å². The summed E-state index contributed by atoms with van der Waals surface area (Å²) in [5.41, 5.74) is 1.96. The van der Waals surface area contributed by atoms with Crippen molar-refractivity contribution in [1.29, 1.82) is 0 Å². The molecule has 0 aromatic carbocycles. The molecule has 2 aromatic heterocycles. The van der Waals surface area contributed by atoms with Crippen molar-refractivity contribution in [3.05, 3.63) is 40.3 Å². The fraction of sp³-hybridized carbons (Fsp3) is 0.308. The van der Waals surface area contributed by atoms with Gasteiger partial charge in [-0.15, -0.1) is 0 Å². The topological polar surface area (TPSA) is 68.0 Å². The highest BCUT2D eigenvalue weighted by Gasteiger charge is 2.13. The highest BCUT2D eigenvalue weighted by molar-refractivity contribution is 7.98. The molecule has 2 heterocycles. The summed E-state index contributed by atoms with van der Waals surface area (Å²) in [6, 6.07) is 3.24. The number of thioether (sulfide) groups is 1. The number of halogens is 1. The molecule has 0 aliphatic carbocycles. The lowest BCUT2D eigenvalue weighted by atomic mass is 10.3. The Balaban J connectivity index is 2.10. The zero-order chi connectivity index (χ0) is 14.7. The first-order valence-corrected chi connectivity index (χ1v) is 7.43. The molecule has 0 saturated heterocycles. The third-order valence-corrected chi connectivity index (χ3v) is 4.24. The average Bonchev–Trinajstić information content (AvgIpc) is 2.72. The lowest BCUT2D eigenvalue weighted by Gasteiger charge is -2.05. The zero-order valence-corrected chi connectivity index (χ0v) is 12.7. The first kappa shape index (κ1) is 14.9. The van der Waals surface area contributed by atoms with Crippen LogP contribution in [0.2, 0.25) is 5.02 Å². The van der Waals surface area contributed by atoms with E-state index in [1.165, 1.54) is 18.0 Å². The van der Waals surface area contributed by atoms with Crippen molar-refractivity contribution in [2.24, 2.45) is 0 Å². The number of hydrogen-bond acceptors (Lipinski definition) is 4. The lowest BCUT2D eigenvalue weighted by Crippen LogP contribution is -2.02. The monoisotopic (exact) mass is 311 g/mol. The van der Waals surface area contributed by atoms with Crippen molar-refractivity contribution in [2.75, 3.05) is 0 Å². The van der Waals surface area contributed by atoms with Crippen LogP contribution in [0.3, 0.4) is 0 Å². The van der Waals surface area contributed by atoms with E-state index in [-0.39, 0.29) is 5.56 Å². The summed E-state index contributed by atoms with van der Waals surface area (Å²) >= 11 is 7.73. The van der Waals surface area contributed by atoms with Gasteiger partial charge in [0.05, 0.1) is 27.0 Å². The molecule has 0 unspecified atom stereocenters. The predicted molar refractivity (Wildman–Crippen MR) is 78.4 cm³/mol. The average molecular weight is 312 g/mol. The first-order valence-electron chi connectivity index (χ1n) is 6.06.